The Morgan fingerprint density at radius 3 is 2.65 bits per heavy atom. The first-order chi connectivity index (χ1) is 17.9. The molecule has 0 spiro atoms. The number of carbonyl (C=O) groups is 2. The van der Waals surface area contributed by atoms with Crippen molar-refractivity contribution in [3.05, 3.63) is 59.7 Å². The van der Waals surface area contributed by atoms with Gasteiger partial charge in [0.15, 0.2) is 5.65 Å². The smallest absolute Gasteiger partial charge is 0.222 e. The van der Waals surface area contributed by atoms with Crippen LogP contribution in [0.2, 0.25) is 0 Å². The molecule has 0 saturated carbocycles. The molecule has 37 heavy (non-hydrogen) atoms. The molecular formula is C28H32N6O2S. The van der Waals surface area contributed by atoms with Crippen molar-refractivity contribution < 1.29 is 9.59 Å². The number of nitrogens with zero attached hydrogens (tertiary/aromatic N) is 6. The quantitative estimate of drug-likeness (QED) is 0.269. The fraction of sp³-hybridized carbons (Fsp3) is 0.393. The second-order valence-corrected chi connectivity index (χ2v) is 10.8. The van der Waals surface area contributed by atoms with Crippen LogP contribution in [0.25, 0.3) is 22.1 Å². The standard InChI is InChI=1S/C28H32N6O2S/c1-19-11-12-24-23(16-19)26-27(34(24)18-22-8-5-4-6-9-22)29-28(31-30-26)37-15-7-10-25(36)32-13-14-33(21(3)35)20(2)17-32/h4-6,8-9,11-12,16,20H,7,10,13-15,17-18H2,1-3H3. The average molecular weight is 517 g/mol. The number of rotatable bonds is 7. The first-order valence-electron chi connectivity index (χ1n) is 12.8. The van der Waals surface area contributed by atoms with E-state index in [0.29, 0.717) is 37.8 Å². The third-order valence-electron chi connectivity index (χ3n) is 6.94. The number of hydrogen-bond acceptors (Lipinski definition) is 6. The van der Waals surface area contributed by atoms with Gasteiger partial charge in [0, 0.05) is 56.7 Å². The summed E-state index contributed by atoms with van der Waals surface area (Å²) in [7, 11) is 0. The highest BCUT2D eigenvalue weighted by Gasteiger charge is 2.27. The van der Waals surface area contributed by atoms with Crippen LogP contribution in [0.3, 0.4) is 0 Å². The van der Waals surface area contributed by atoms with E-state index in [2.05, 4.69) is 52.0 Å². The summed E-state index contributed by atoms with van der Waals surface area (Å²) in [5.41, 5.74) is 5.11. The fourth-order valence-corrected chi connectivity index (χ4v) is 5.76. The molecule has 4 aromatic rings. The van der Waals surface area contributed by atoms with E-state index in [9.17, 15) is 9.59 Å². The van der Waals surface area contributed by atoms with E-state index in [-0.39, 0.29) is 17.9 Å². The molecule has 1 atom stereocenters. The van der Waals surface area contributed by atoms with Gasteiger partial charge >= 0.3 is 0 Å². The van der Waals surface area contributed by atoms with Gasteiger partial charge in [0.1, 0.15) is 5.52 Å². The van der Waals surface area contributed by atoms with E-state index in [0.717, 1.165) is 34.2 Å². The number of aryl methyl sites for hydroxylation is 1. The average Bonchev–Trinajstić information content (AvgIpc) is 3.18. The molecule has 1 unspecified atom stereocenters. The molecule has 9 heteroatoms. The molecule has 0 aliphatic carbocycles. The Kier molecular flexibility index (Phi) is 7.41. The lowest BCUT2D eigenvalue weighted by atomic mass is 10.1. The second kappa shape index (κ2) is 10.9. The molecule has 1 fully saturated rings. The molecule has 1 aliphatic heterocycles. The molecular weight excluding hydrogens is 484 g/mol. The molecule has 2 amide bonds. The molecule has 1 saturated heterocycles. The summed E-state index contributed by atoms with van der Waals surface area (Å²) in [6.07, 6.45) is 1.21. The number of thioether (sulfide) groups is 1. The molecule has 2 aromatic heterocycles. The monoisotopic (exact) mass is 516 g/mol. The topological polar surface area (TPSA) is 84.2 Å². The molecule has 8 nitrogen and oxygen atoms in total. The summed E-state index contributed by atoms with van der Waals surface area (Å²) in [5.74, 6) is 0.947. The van der Waals surface area contributed by atoms with Gasteiger partial charge in [0.2, 0.25) is 17.0 Å². The predicted octanol–water partition coefficient (Wildman–Crippen LogP) is 4.29. The highest BCUT2D eigenvalue weighted by molar-refractivity contribution is 7.99. The minimum Gasteiger partial charge on any atom is -0.339 e. The van der Waals surface area contributed by atoms with E-state index < -0.39 is 0 Å². The third kappa shape index (κ3) is 5.46. The summed E-state index contributed by atoms with van der Waals surface area (Å²) in [6.45, 7) is 8.17. The van der Waals surface area contributed by atoms with Gasteiger partial charge in [-0.25, -0.2) is 4.98 Å². The number of carbonyl (C=O) groups excluding carboxylic acids is 2. The molecule has 3 heterocycles. The van der Waals surface area contributed by atoms with Crippen LogP contribution >= 0.6 is 11.8 Å². The molecule has 0 bridgehead atoms. The van der Waals surface area contributed by atoms with Gasteiger partial charge < -0.3 is 14.4 Å². The lowest BCUT2D eigenvalue weighted by Gasteiger charge is -2.39. The van der Waals surface area contributed by atoms with Gasteiger partial charge in [0.05, 0.1) is 5.52 Å². The lowest BCUT2D eigenvalue weighted by molar-refractivity contribution is -0.141. The number of piperazine rings is 1. The highest BCUT2D eigenvalue weighted by Crippen LogP contribution is 2.29. The van der Waals surface area contributed by atoms with Crippen molar-refractivity contribution in [2.45, 2.75) is 51.4 Å². The van der Waals surface area contributed by atoms with Crippen LogP contribution in [0.5, 0.6) is 0 Å². The van der Waals surface area contributed by atoms with Crippen molar-refractivity contribution in [3.63, 3.8) is 0 Å². The first-order valence-corrected chi connectivity index (χ1v) is 13.7. The molecule has 2 aromatic carbocycles. The Hall–Kier alpha value is -3.46. The lowest BCUT2D eigenvalue weighted by Crippen LogP contribution is -2.54. The Labute approximate surface area is 221 Å². The second-order valence-electron chi connectivity index (χ2n) is 9.71. The van der Waals surface area contributed by atoms with Crippen LogP contribution in [0.4, 0.5) is 0 Å². The molecule has 192 valence electrons. The maximum absolute atomic E-state index is 12.7. The van der Waals surface area contributed by atoms with Crippen molar-refractivity contribution in [1.82, 2.24) is 29.5 Å². The SMILES string of the molecule is CC(=O)N1CCN(C(=O)CCCSc2nnc3c4cc(C)ccc4n(Cc4ccccc4)c3n2)CC1C. The first kappa shape index (κ1) is 25.2. The van der Waals surface area contributed by atoms with Gasteiger partial charge in [-0.15, -0.1) is 10.2 Å². The number of amides is 2. The summed E-state index contributed by atoms with van der Waals surface area (Å²) in [5, 5.41) is 10.7. The zero-order chi connectivity index (χ0) is 25.9. The molecule has 0 N–H and O–H groups in total. The predicted molar refractivity (Wildman–Crippen MR) is 146 cm³/mol. The van der Waals surface area contributed by atoms with Gasteiger partial charge in [-0.3, -0.25) is 9.59 Å². The number of fused-ring (bicyclic) bond motifs is 3. The summed E-state index contributed by atoms with van der Waals surface area (Å²) in [6, 6.07) is 16.8. The van der Waals surface area contributed by atoms with E-state index >= 15 is 0 Å². The zero-order valence-electron chi connectivity index (χ0n) is 21.6. The van der Waals surface area contributed by atoms with Crippen LogP contribution in [0, 0.1) is 6.92 Å². The maximum Gasteiger partial charge on any atom is 0.222 e. The fourth-order valence-electron chi connectivity index (χ4n) is 5.04. The normalized spacial score (nSPS) is 16.0. The zero-order valence-corrected chi connectivity index (χ0v) is 22.4. The maximum atomic E-state index is 12.7. The summed E-state index contributed by atoms with van der Waals surface area (Å²) < 4.78 is 2.21. The Morgan fingerprint density at radius 1 is 1.08 bits per heavy atom. The number of hydrogen-bond donors (Lipinski definition) is 0. The summed E-state index contributed by atoms with van der Waals surface area (Å²) in [4.78, 5) is 33.0. The van der Waals surface area contributed by atoms with Crippen molar-refractivity contribution in [3.8, 4) is 0 Å². The van der Waals surface area contributed by atoms with Crippen molar-refractivity contribution in [2.75, 3.05) is 25.4 Å². The number of aromatic nitrogens is 4. The van der Waals surface area contributed by atoms with Crippen LogP contribution in [-0.4, -0.2) is 72.8 Å². The number of benzene rings is 2. The van der Waals surface area contributed by atoms with Crippen molar-refractivity contribution >= 4 is 45.6 Å². The van der Waals surface area contributed by atoms with E-state index in [1.54, 1.807) is 6.92 Å². The minimum absolute atomic E-state index is 0.0576. The van der Waals surface area contributed by atoms with Gasteiger partial charge in [-0.1, -0.05) is 53.7 Å². The summed E-state index contributed by atoms with van der Waals surface area (Å²) >= 11 is 1.54. The van der Waals surface area contributed by atoms with Crippen LogP contribution in [0.1, 0.15) is 37.8 Å². The van der Waals surface area contributed by atoms with Crippen molar-refractivity contribution in [2.24, 2.45) is 0 Å². The van der Waals surface area contributed by atoms with E-state index in [1.165, 1.54) is 22.9 Å². The van der Waals surface area contributed by atoms with Gasteiger partial charge in [0.25, 0.3) is 0 Å². The van der Waals surface area contributed by atoms with E-state index in [4.69, 9.17) is 4.98 Å². The van der Waals surface area contributed by atoms with E-state index in [1.807, 2.05) is 34.9 Å². The molecule has 5 rings (SSSR count). The van der Waals surface area contributed by atoms with Crippen LogP contribution in [0.15, 0.2) is 53.7 Å². The van der Waals surface area contributed by atoms with Crippen LogP contribution in [-0.2, 0) is 16.1 Å². The van der Waals surface area contributed by atoms with Crippen LogP contribution < -0.4 is 0 Å². The van der Waals surface area contributed by atoms with Gasteiger partial charge in [-0.2, -0.15) is 0 Å². The largest absolute Gasteiger partial charge is 0.339 e. The van der Waals surface area contributed by atoms with Crippen molar-refractivity contribution in [1.29, 1.82) is 0 Å². The Morgan fingerprint density at radius 2 is 1.89 bits per heavy atom. The third-order valence-corrected chi connectivity index (χ3v) is 7.86. The highest BCUT2D eigenvalue weighted by atomic mass is 32.2. The molecule has 0 radical (unpaired) electrons. The Bertz CT molecular complexity index is 1440. The van der Waals surface area contributed by atoms with Gasteiger partial charge in [-0.05, 0) is 38.0 Å². The Balaban J connectivity index is 1.26. The molecule has 1 aliphatic rings. The minimum atomic E-state index is 0.0576.